The molecule has 1 amide bonds. The number of rotatable bonds is 8. The number of hydrogen-bond donors (Lipinski definition) is 1. The average molecular weight is 331 g/mol. The van der Waals surface area contributed by atoms with Gasteiger partial charge in [-0.25, -0.2) is 4.98 Å². The molecule has 5 nitrogen and oxygen atoms in total. The number of benzene rings is 1. The van der Waals surface area contributed by atoms with Crippen LogP contribution in [-0.4, -0.2) is 41.5 Å². The van der Waals surface area contributed by atoms with Crippen LogP contribution in [0, 0.1) is 5.92 Å². The molecular formula is C17H21N3O2S. The van der Waals surface area contributed by atoms with E-state index in [0.29, 0.717) is 18.7 Å². The first-order valence-electron chi connectivity index (χ1n) is 7.81. The smallest absolute Gasteiger partial charge is 0.251 e. The molecule has 1 aromatic heterocycles. The van der Waals surface area contributed by atoms with Crippen molar-refractivity contribution in [2.45, 2.75) is 18.0 Å². The van der Waals surface area contributed by atoms with Gasteiger partial charge in [-0.3, -0.25) is 9.36 Å². The fourth-order valence-corrected chi connectivity index (χ4v) is 2.81. The minimum absolute atomic E-state index is 0.0673. The summed E-state index contributed by atoms with van der Waals surface area (Å²) in [5, 5.41) is 3.81. The van der Waals surface area contributed by atoms with E-state index in [2.05, 4.69) is 10.3 Å². The maximum atomic E-state index is 12.1. The summed E-state index contributed by atoms with van der Waals surface area (Å²) in [6.07, 6.45) is 8.25. The summed E-state index contributed by atoms with van der Waals surface area (Å²) in [5.41, 5.74) is 1.65. The first-order valence-corrected chi connectivity index (χ1v) is 9.04. The van der Waals surface area contributed by atoms with E-state index in [0.717, 1.165) is 23.4 Å². The summed E-state index contributed by atoms with van der Waals surface area (Å²) in [4.78, 5) is 16.4. The lowest BCUT2D eigenvalue weighted by molar-refractivity contribution is 0.0906. The summed E-state index contributed by atoms with van der Waals surface area (Å²) in [6, 6.07) is 7.53. The van der Waals surface area contributed by atoms with Crippen LogP contribution in [0.25, 0.3) is 5.69 Å². The molecule has 3 rings (SSSR count). The predicted molar refractivity (Wildman–Crippen MR) is 91.2 cm³/mol. The number of nitrogens with zero attached hydrogens (tertiary/aromatic N) is 2. The molecule has 0 unspecified atom stereocenters. The molecule has 23 heavy (non-hydrogen) atoms. The Morgan fingerprint density at radius 1 is 1.39 bits per heavy atom. The lowest BCUT2D eigenvalue weighted by Crippen LogP contribution is -2.27. The van der Waals surface area contributed by atoms with E-state index < -0.39 is 0 Å². The van der Waals surface area contributed by atoms with E-state index in [-0.39, 0.29) is 5.91 Å². The quantitative estimate of drug-likeness (QED) is 0.597. The number of imidazole rings is 1. The highest BCUT2D eigenvalue weighted by molar-refractivity contribution is 7.98. The van der Waals surface area contributed by atoms with Crippen LogP contribution < -0.4 is 5.32 Å². The van der Waals surface area contributed by atoms with Crippen LogP contribution in [0.4, 0.5) is 0 Å². The summed E-state index contributed by atoms with van der Waals surface area (Å²) < 4.78 is 7.51. The van der Waals surface area contributed by atoms with Crippen molar-refractivity contribution in [1.29, 1.82) is 0 Å². The number of carbonyl (C=O) groups excluding carboxylic acids is 1. The van der Waals surface area contributed by atoms with Gasteiger partial charge in [0.15, 0.2) is 5.16 Å². The van der Waals surface area contributed by atoms with Crippen LogP contribution in [-0.2, 0) is 4.74 Å². The zero-order chi connectivity index (χ0) is 16.1. The zero-order valence-electron chi connectivity index (χ0n) is 13.2. The van der Waals surface area contributed by atoms with Crippen molar-refractivity contribution in [3.8, 4) is 5.69 Å². The number of nitrogens with one attached hydrogen (secondary N) is 1. The first kappa shape index (κ1) is 16.1. The average Bonchev–Trinajstić information content (AvgIpc) is 3.28. The topological polar surface area (TPSA) is 56.2 Å². The fraction of sp³-hybridized carbons (Fsp3) is 0.412. The largest absolute Gasteiger partial charge is 0.379 e. The molecule has 0 bridgehead atoms. The maximum absolute atomic E-state index is 12.1. The molecule has 0 saturated heterocycles. The van der Waals surface area contributed by atoms with Crippen LogP contribution in [0.15, 0.2) is 41.8 Å². The predicted octanol–water partition coefficient (Wildman–Crippen LogP) is 2.75. The van der Waals surface area contributed by atoms with E-state index in [9.17, 15) is 4.79 Å². The van der Waals surface area contributed by atoms with Crippen LogP contribution >= 0.6 is 11.8 Å². The third-order valence-electron chi connectivity index (χ3n) is 3.78. The van der Waals surface area contributed by atoms with Crippen LogP contribution in [0.1, 0.15) is 23.2 Å². The van der Waals surface area contributed by atoms with Gasteiger partial charge in [0.25, 0.3) is 5.91 Å². The first-order chi connectivity index (χ1) is 11.3. The Bertz CT molecular complexity index is 650. The van der Waals surface area contributed by atoms with Crippen LogP contribution in [0.2, 0.25) is 0 Å². The fourth-order valence-electron chi connectivity index (χ4n) is 2.28. The number of carbonyl (C=O) groups is 1. The number of ether oxygens (including phenoxy) is 1. The molecule has 1 fully saturated rings. The van der Waals surface area contributed by atoms with Crippen molar-refractivity contribution < 1.29 is 9.53 Å². The Kier molecular flexibility index (Phi) is 5.35. The maximum Gasteiger partial charge on any atom is 0.251 e. The Balaban J connectivity index is 1.50. The number of aromatic nitrogens is 2. The van der Waals surface area contributed by atoms with Crippen LogP contribution in [0.3, 0.4) is 0 Å². The van der Waals surface area contributed by atoms with Gasteiger partial charge in [-0.15, -0.1) is 0 Å². The molecule has 1 aromatic carbocycles. The monoisotopic (exact) mass is 331 g/mol. The molecule has 1 N–H and O–H groups in total. The second kappa shape index (κ2) is 7.66. The minimum Gasteiger partial charge on any atom is -0.379 e. The highest BCUT2D eigenvalue weighted by atomic mass is 32.2. The second-order valence-corrected chi connectivity index (χ2v) is 6.38. The summed E-state index contributed by atoms with van der Waals surface area (Å²) in [5.74, 6) is 0.690. The van der Waals surface area contributed by atoms with Gasteiger partial charge in [-0.05, 0) is 49.3 Å². The Hall–Kier alpha value is -1.79. The molecule has 6 heteroatoms. The van der Waals surface area contributed by atoms with Gasteiger partial charge in [-0.1, -0.05) is 11.8 Å². The van der Waals surface area contributed by atoms with E-state index in [4.69, 9.17) is 4.74 Å². The van der Waals surface area contributed by atoms with Crippen molar-refractivity contribution in [1.82, 2.24) is 14.9 Å². The van der Waals surface area contributed by atoms with Crippen LogP contribution in [0.5, 0.6) is 0 Å². The number of amides is 1. The normalized spacial score (nSPS) is 14.0. The van der Waals surface area contributed by atoms with Crippen molar-refractivity contribution in [2.24, 2.45) is 5.92 Å². The molecule has 1 aliphatic carbocycles. The lowest BCUT2D eigenvalue weighted by Gasteiger charge is -2.08. The lowest BCUT2D eigenvalue weighted by atomic mass is 10.2. The van der Waals surface area contributed by atoms with Gasteiger partial charge in [0.1, 0.15) is 0 Å². The molecule has 0 spiro atoms. The second-order valence-electron chi connectivity index (χ2n) is 5.61. The van der Waals surface area contributed by atoms with E-state index in [1.165, 1.54) is 12.8 Å². The van der Waals surface area contributed by atoms with Crippen molar-refractivity contribution >= 4 is 17.7 Å². The summed E-state index contributed by atoms with van der Waals surface area (Å²) >= 11 is 1.59. The van der Waals surface area contributed by atoms with Gasteiger partial charge < -0.3 is 10.1 Å². The molecule has 122 valence electrons. The van der Waals surface area contributed by atoms with Gasteiger partial charge in [-0.2, -0.15) is 0 Å². The molecule has 1 heterocycles. The van der Waals surface area contributed by atoms with Gasteiger partial charge >= 0.3 is 0 Å². The van der Waals surface area contributed by atoms with Crippen molar-refractivity contribution in [3.63, 3.8) is 0 Å². The molecule has 0 aliphatic heterocycles. The van der Waals surface area contributed by atoms with E-state index in [1.807, 2.05) is 41.3 Å². The van der Waals surface area contributed by atoms with Gasteiger partial charge in [0.2, 0.25) is 0 Å². The molecule has 0 radical (unpaired) electrons. The Morgan fingerprint density at radius 2 is 2.17 bits per heavy atom. The highest BCUT2D eigenvalue weighted by Gasteiger charge is 2.20. The molecule has 1 aliphatic rings. The number of hydrogen-bond acceptors (Lipinski definition) is 4. The van der Waals surface area contributed by atoms with Crippen molar-refractivity contribution in [3.05, 3.63) is 42.2 Å². The number of thioether (sulfide) groups is 1. The van der Waals surface area contributed by atoms with E-state index >= 15 is 0 Å². The Labute approximate surface area is 140 Å². The van der Waals surface area contributed by atoms with Crippen molar-refractivity contribution in [2.75, 3.05) is 26.0 Å². The van der Waals surface area contributed by atoms with Gasteiger partial charge in [0.05, 0.1) is 6.61 Å². The Morgan fingerprint density at radius 3 is 2.87 bits per heavy atom. The van der Waals surface area contributed by atoms with Gasteiger partial charge in [0, 0.05) is 36.8 Å². The summed E-state index contributed by atoms with van der Waals surface area (Å²) in [6.45, 7) is 1.95. The standard InChI is InChI=1S/C17H21N3O2S/c1-23-17-19-8-10-20(17)15-6-4-14(5-7-15)16(21)18-9-11-22-12-13-2-3-13/h4-8,10,13H,2-3,9,11-12H2,1H3,(H,18,21). The summed E-state index contributed by atoms with van der Waals surface area (Å²) in [7, 11) is 0. The molecular weight excluding hydrogens is 310 g/mol. The third-order valence-corrected chi connectivity index (χ3v) is 4.45. The molecule has 1 saturated carbocycles. The third kappa shape index (κ3) is 4.36. The zero-order valence-corrected chi connectivity index (χ0v) is 14.0. The SMILES string of the molecule is CSc1nccn1-c1ccc(C(=O)NCCOCC2CC2)cc1. The minimum atomic E-state index is -0.0673. The highest BCUT2D eigenvalue weighted by Crippen LogP contribution is 2.28. The molecule has 2 aromatic rings. The molecule has 0 atom stereocenters. The van der Waals surface area contributed by atoms with E-state index in [1.54, 1.807) is 18.0 Å².